The number of rotatable bonds is 0. The van der Waals surface area contributed by atoms with Crippen molar-refractivity contribution in [1.29, 1.82) is 0 Å². The van der Waals surface area contributed by atoms with Crippen LogP contribution in [0.4, 0.5) is 0 Å². The van der Waals surface area contributed by atoms with Gasteiger partial charge in [0.1, 0.15) is 11.3 Å². The molecule has 0 bridgehead atoms. The van der Waals surface area contributed by atoms with E-state index in [1.54, 1.807) is 18.2 Å². The third-order valence-corrected chi connectivity index (χ3v) is 3.09. The molecule has 3 rings (SSSR count). The molecule has 17 heavy (non-hydrogen) atoms. The first kappa shape index (κ1) is 10.2. The van der Waals surface area contributed by atoms with Crippen LogP contribution in [0.1, 0.15) is 0 Å². The number of benzene rings is 2. The summed E-state index contributed by atoms with van der Waals surface area (Å²) >= 11 is 5.92. The summed E-state index contributed by atoms with van der Waals surface area (Å²) in [5, 5.41) is 11.2. The predicted octanol–water partition coefficient (Wildman–Crippen LogP) is 3.31. The first-order valence-electron chi connectivity index (χ1n) is 5.01. The summed E-state index contributed by atoms with van der Waals surface area (Å²) in [6.07, 6.45) is 0. The van der Waals surface area contributed by atoms with Crippen LogP contribution >= 0.6 is 11.6 Å². The summed E-state index contributed by atoms with van der Waals surface area (Å²) in [4.78, 5) is 11.8. The van der Waals surface area contributed by atoms with Gasteiger partial charge in [-0.15, -0.1) is 0 Å². The van der Waals surface area contributed by atoms with Gasteiger partial charge in [-0.25, -0.2) is 4.79 Å². The molecule has 2 aromatic carbocycles. The number of aromatic hydroxyl groups is 1. The highest BCUT2D eigenvalue weighted by Crippen LogP contribution is 2.33. The van der Waals surface area contributed by atoms with Crippen LogP contribution in [0.25, 0.3) is 21.7 Å². The first-order valence-corrected chi connectivity index (χ1v) is 5.39. The lowest BCUT2D eigenvalue weighted by molar-refractivity contribution is 0.476. The summed E-state index contributed by atoms with van der Waals surface area (Å²) < 4.78 is 5.16. The Morgan fingerprint density at radius 3 is 2.65 bits per heavy atom. The van der Waals surface area contributed by atoms with Crippen LogP contribution in [0, 0.1) is 0 Å². The number of hydrogen-bond donors (Lipinski definition) is 1. The van der Waals surface area contributed by atoms with Crippen LogP contribution in [0.5, 0.6) is 5.75 Å². The molecule has 84 valence electrons. The van der Waals surface area contributed by atoms with Gasteiger partial charge in [-0.2, -0.15) is 0 Å². The van der Waals surface area contributed by atoms with Crippen LogP contribution in [0.2, 0.25) is 5.02 Å². The molecule has 0 spiro atoms. The Morgan fingerprint density at radius 1 is 1.06 bits per heavy atom. The highest BCUT2D eigenvalue weighted by molar-refractivity contribution is 6.37. The second-order valence-corrected chi connectivity index (χ2v) is 4.08. The second kappa shape index (κ2) is 3.50. The molecule has 0 atom stereocenters. The smallest absolute Gasteiger partial charge is 0.345 e. The minimum Gasteiger partial charge on any atom is -0.506 e. The summed E-state index contributed by atoms with van der Waals surface area (Å²) in [6, 6.07) is 10.3. The predicted molar refractivity (Wildman–Crippen MR) is 66.7 cm³/mol. The lowest BCUT2D eigenvalue weighted by Crippen LogP contribution is -2.00. The minimum atomic E-state index is -0.542. The molecule has 3 nitrogen and oxygen atoms in total. The molecular weight excluding hydrogens is 240 g/mol. The molecule has 1 aromatic heterocycles. The molecular formula is C13H7ClO3. The molecule has 0 amide bonds. The van der Waals surface area contributed by atoms with Crippen molar-refractivity contribution < 1.29 is 9.52 Å². The van der Waals surface area contributed by atoms with E-state index in [1.165, 1.54) is 6.07 Å². The molecule has 0 unspecified atom stereocenters. The van der Waals surface area contributed by atoms with Crippen LogP contribution in [-0.2, 0) is 0 Å². The van der Waals surface area contributed by atoms with Gasteiger partial charge in [0.15, 0.2) is 0 Å². The number of para-hydroxylation sites is 1. The quantitative estimate of drug-likeness (QED) is 0.489. The number of phenolic OH excluding ortho intramolecular Hbond substituents is 1. The lowest BCUT2D eigenvalue weighted by atomic mass is 10.1. The van der Waals surface area contributed by atoms with Crippen molar-refractivity contribution in [2.24, 2.45) is 0 Å². The van der Waals surface area contributed by atoms with E-state index < -0.39 is 5.63 Å². The topological polar surface area (TPSA) is 50.4 Å². The SMILES string of the molecule is O=c1oc2ccccc2c2ccc(O)c(Cl)c12. The maximum absolute atomic E-state index is 11.8. The fourth-order valence-corrected chi connectivity index (χ4v) is 2.16. The minimum absolute atomic E-state index is 0.0296. The van der Waals surface area contributed by atoms with E-state index >= 15 is 0 Å². The Morgan fingerprint density at radius 2 is 1.82 bits per heavy atom. The van der Waals surface area contributed by atoms with E-state index in [4.69, 9.17) is 16.0 Å². The van der Waals surface area contributed by atoms with Crippen LogP contribution in [0.15, 0.2) is 45.6 Å². The molecule has 3 aromatic rings. The molecule has 4 heteroatoms. The van der Waals surface area contributed by atoms with E-state index in [1.807, 2.05) is 12.1 Å². The zero-order chi connectivity index (χ0) is 12.0. The molecule has 1 heterocycles. The van der Waals surface area contributed by atoms with E-state index in [2.05, 4.69) is 0 Å². The fraction of sp³-hybridized carbons (Fsp3) is 0. The van der Waals surface area contributed by atoms with Gasteiger partial charge in [-0.05, 0) is 18.2 Å². The van der Waals surface area contributed by atoms with E-state index in [0.29, 0.717) is 11.0 Å². The Hall–Kier alpha value is -2.00. The Bertz CT molecular complexity index is 790. The molecule has 0 radical (unpaired) electrons. The van der Waals surface area contributed by atoms with Crippen molar-refractivity contribution in [3.8, 4) is 5.75 Å². The van der Waals surface area contributed by atoms with Crippen LogP contribution in [-0.4, -0.2) is 5.11 Å². The molecule has 0 saturated carbocycles. The van der Waals surface area contributed by atoms with Gasteiger partial charge in [0.2, 0.25) is 0 Å². The molecule has 0 aliphatic heterocycles. The van der Waals surface area contributed by atoms with E-state index in [9.17, 15) is 9.90 Å². The maximum atomic E-state index is 11.8. The summed E-state index contributed by atoms with van der Waals surface area (Å²) in [5.41, 5.74) is -0.0358. The lowest BCUT2D eigenvalue weighted by Gasteiger charge is -2.04. The van der Waals surface area contributed by atoms with Crippen molar-refractivity contribution in [1.82, 2.24) is 0 Å². The van der Waals surface area contributed by atoms with Crippen molar-refractivity contribution in [3.63, 3.8) is 0 Å². The zero-order valence-electron chi connectivity index (χ0n) is 8.61. The number of halogens is 1. The monoisotopic (exact) mass is 246 g/mol. The van der Waals surface area contributed by atoms with Gasteiger partial charge in [-0.1, -0.05) is 29.8 Å². The van der Waals surface area contributed by atoms with Crippen LogP contribution < -0.4 is 5.63 Å². The van der Waals surface area contributed by atoms with E-state index in [-0.39, 0.29) is 16.2 Å². The highest BCUT2D eigenvalue weighted by Gasteiger charge is 2.12. The summed E-state index contributed by atoms with van der Waals surface area (Å²) in [5.74, 6) is -0.123. The fourth-order valence-electron chi connectivity index (χ4n) is 1.92. The van der Waals surface area contributed by atoms with Crippen molar-refractivity contribution in [3.05, 3.63) is 51.8 Å². The van der Waals surface area contributed by atoms with Gasteiger partial charge >= 0.3 is 5.63 Å². The Kier molecular flexibility index (Phi) is 2.09. The molecule has 0 fully saturated rings. The molecule has 1 N–H and O–H groups in total. The number of fused-ring (bicyclic) bond motifs is 3. The van der Waals surface area contributed by atoms with Gasteiger partial charge in [0.25, 0.3) is 0 Å². The van der Waals surface area contributed by atoms with E-state index in [0.717, 1.165) is 5.39 Å². The maximum Gasteiger partial charge on any atom is 0.345 e. The number of phenols is 1. The Labute approximate surface area is 101 Å². The van der Waals surface area contributed by atoms with Crippen molar-refractivity contribution in [2.75, 3.05) is 0 Å². The first-order chi connectivity index (χ1) is 8.18. The van der Waals surface area contributed by atoms with Gasteiger partial charge in [-0.3, -0.25) is 0 Å². The Balaban J connectivity index is 2.68. The third kappa shape index (κ3) is 1.40. The average molecular weight is 247 g/mol. The highest BCUT2D eigenvalue weighted by atomic mass is 35.5. The van der Waals surface area contributed by atoms with Crippen molar-refractivity contribution >= 4 is 33.3 Å². The molecule has 0 aliphatic rings. The number of hydrogen-bond acceptors (Lipinski definition) is 3. The average Bonchev–Trinajstić information content (AvgIpc) is 2.33. The second-order valence-electron chi connectivity index (χ2n) is 3.71. The van der Waals surface area contributed by atoms with Gasteiger partial charge in [0.05, 0.1) is 10.4 Å². The zero-order valence-corrected chi connectivity index (χ0v) is 9.36. The third-order valence-electron chi connectivity index (χ3n) is 2.71. The molecule has 0 aliphatic carbocycles. The summed E-state index contributed by atoms with van der Waals surface area (Å²) in [7, 11) is 0. The molecule has 0 saturated heterocycles. The standard InChI is InChI=1S/C13H7ClO3/c14-12-9(15)6-5-8-7-3-1-2-4-10(7)17-13(16)11(8)12/h1-6,15H. The van der Waals surface area contributed by atoms with Crippen molar-refractivity contribution in [2.45, 2.75) is 0 Å². The normalized spacial score (nSPS) is 11.1. The largest absolute Gasteiger partial charge is 0.506 e. The summed E-state index contributed by atoms with van der Waals surface area (Å²) in [6.45, 7) is 0. The van der Waals surface area contributed by atoms with Crippen LogP contribution in [0.3, 0.4) is 0 Å². The van der Waals surface area contributed by atoms with Gasteiger partial charge < -0.3 is 9.52 Å². The van der Waals surface area contributed by atoms with Gasteiger partial charge in [0, 0.05) is 10.8 Å².